The zero-order valence-electron chi connectivity index (χ0n) is 15.1. The Kier molecular flexibility index (Phi) is 4.45. The molecular weight excluding hydrogens is 346 g/mol. The molecule has 2 aromatic carbocycles. The van der Waals surface area contributed by atoms with Crippen molar-refractivity contribution in [3.05, 3.63) is 58.9 Å². The number of nitrogens with zero attached hydrogens (tertiary/aromatic N) is 3. The number of aromatic nitrogens is 2. The van der Waals surface area contributed by atoms with Crippen molar-refractivity contribution < 1.29 is 4.79 Å². The third-order valence-corrected chi connectivity index (χ3v) is 5.32. The summed E-state index contributed by atoms with van der Waals surface area (Å²) in [6.07, 6.45) is 1.52. The number of imidazole rings is 1. The molecule has 1 aliphatic rings. The first-order valence-corrected chi connectivity index (χ1v) is 9.48. The summed E-state index contributed by atoms with van der Waals surface area (Å²) in [5.41, 5.74) is 4.11. The molecule has 1 fully saturated rings. The number of hydrogen-bond donors (Lipinski definition) is 0. The van der Waals surface area contributed by atoms with Gasteiger partial charge in [-0.1, -0.05) is 36.7 Å². The fourth-order valence-corrected chi connectivity index (χ4v) is 4.02. The zero-order valence-corrected chi connectivity index (χ0v) is 15.8. The number of aryl methyl sites for hydroxylation is 2. The first-order chi connectivity index (χ1) is 12.6. The lowest BCUT2D eigenvalue weighted by atomic mass is 10.1. The number of para-hydroxylation sites is 2. The molecule has 0 saturated carbocycles. The van der Waals surface area contributed by atoms with Gasteiger partial charge in [0, 0.05) is 36.1 Å². The molecule has 0 bridgehead atoms. The van der Waals surface area contributed by atoms with Crippen LogP contribution in [0.4, 0.5) is 5.69 Å². The van der Waals surface area contributed by atoms with Crippen LogP contribution < -0.4 is 4.90 Å². The Morgan fingerprint density at radius 2 is 2.04 bits per heavy atom. The third kappa shape index (κ3) is 2.88. The van der Waals surface area contributed by atoms with E-state index in [1.54, 1.807) is 0 Å². The van der Waals surface area contributed by atoms with E-state index in [2.05, 4.69) is 17.6 Å². The van der Waals surface area contributed by atoms with Crippen LogP contribution in [-0.4, -0.2) is 22.0 Å². The maximum Gasteiger partial charge on any atom is 0.227 e. The Hall–Kier alpha value is -2.33. The summed E-state index contributed by atoms with van der Waals surface area (Å²) in [5, 5.41) is 0.653. The van der Waals surface area contributed by atoms with E-state index in [-0.39, 0.29) is 11.8 Å². The predicted molar refractivity (Wildman–Crippen MR) is 106 cm³/mol. The number of rotatable bonds is 4. The minimum absolute atomic E-state index is 0.0971. The zero-order chi connectivity index (χ0) is 18.3. The number of halogens is 1. The topological polar surface area (TPSA) is 38.1 Å². The maximum atomic E-state index is 12.8. The molecule has 1 aromatic heterocycles. The molecule has 1 saturated heterocycles. The SMILES string of the molecule is CCCn1c(C2CC(=O)N(c3cc(Cl)ccc3C)C2)nc2ccccc21. The van der Waals surface area contributed by atoms with Gasteiger partial charge in [0.05, 0.1) is 11.0 Å². The van der Waals surface area contributed by atoms with Crippen molar-refractivity contribution >= 4 is 34.2 Å². The molecule has 2 heterocycles. The molecule has 0 radical (unpaired) electrons. The minimum Gasteiger partial charge on any atom is -0.328 e. The summed E-state index contributed by atoms with van der Waals surface area (Å²) in [7, 11) is 0. The van der Waals surface area contributed by atoms with E-state index < -0.39 is 0 Å². The van der Waals surface area contributed by atoms with Crippen LogP contribution >= 0.6 is 11.6 Å². The average molecular weight is 368 g/mol. The molecule has 1 aliphatic heterocycles. The van der Waals surface area contributed by atoms with Gasteiger partial charge < -0.3 is 9.47 Å². The summed E-state index contributed by atoms with van der Waals surface area (Å²) in [6, 6.07) is 13.9. The van der Waals surface area contributed by atoms with Crippen molar-refractivity contribution in [1.82, 2.24) is 9.55 Å². The molecule has 4 rings (SSSR count). The van der Waals surface area contributed by atoms with Crippen molar-refractivity contribution in [1.29, 1.82) is 0 Å². The smallest absolute Gasteiger partial charge is 0.227 e. The van der Waals surface area contributed by atoms with Crippen molar-refractivity contribution in [2.45, 2.75) is 39.2 Å². The minimum atomic E-state index is 0.0971. The quantitative estimate of drug-likeness (QED) is 0.655. The van der Waals surface area contributed by atoms with E-state index >= 15 is 0 Å². The molecule has 3 aromatic rings. The van der Waals surface area contributed by atoms with Gasteiger partial charge in [-0.3, -0.25) is 4.79 Å². The van der Waals surface area contributed by atoms with Crippen LogP contribution in [0.3, 0.4) is 0 Å². The Morgan fingerprint density at radius 3 is 2.85 bits per heavy atom. The number of carbonyl (C=O) groups excluding carboxylic acids is 1. The Morgan fingerprint density at radius 1 is 1.23 bits per heavy atom. The molecule has 0 spiro atoms. The van der Waals surface area contributed by atoms with Gasteiger partial charge in [0.2, 0.25) is 5.91 Å². The monoisotopic (exact) mass is 367 g/mol. The summed E-state index contributed by atoms with van der Waals surface area (Å²) in [4.78, 5) is 19.5. The Balaban J connectivity index is 1.72. The number of benzene rings is 2. The number of fused-ring (bicyclic) bond motifs is 1. The summed E-state index contributed by atoms with van der Waals surface area (Å²) in [6.45, 7) is 5.74. The van der Waals surface area contributed by atoms with Crippen molar-refractivity contribution in [2.75, 3.05) is 11.4 Å². The van der Waals surface area contributed by atoms with Gasteiger partial charge in [-0.15, -0.1) is 0 Å². The first kappa shape index (κ1) is 17.1. The van der Waals surface area contributed by atoms with E-state index in [1.165, 1.54) is 0 Å². The van der Waals surface area contributed by atoms with Gasteiger partial charge in [0.15, 0.2) is 0 Å². The second kappa shape index (κ2) is 6.76. The van der Waals surface area contributed by atoms with Crippen LogP contribution in [0, 0.1) is 6.92 Å². The molecular formula is C21H22ClN3O. The van der Waals surface area contributed by atoms with Gasteiger partial charge in [-0.05, 0) is 43.2 Å². The van der Waals surface area contributed by atoms with Gasteiger partial charge in [0.25, 0.3) is 0 Å². The van der Waals surface area contributed by atoms with Crippen molar-refractivity contribution in [3.8, 4) is 0 Å². The van der Waals surface area contributed by atoms with Crippen LogP contribution in [0.1, 0.15) is 37.1 Å². The lowest BCUT2D eigenvalue weighted by molar-refractivity contribution is -0.117. The van der Waals surface area contributed by atoms with Crippen LogP contribution in [0.5, 0.6) is 0 Å². The Labute approximate surface area is 158 Å². The molecule has 0 N–H and O–H groups in total. The highest BCUT2D eigenvalue weighted by atomic mass is 35.5. The molecule has 0 aliphatic carbocycles. The molecule has 1 amide bonds. The standard InChI is InChI=1S/C21H22ClN3O/c1-3-10-24-18-7-5-4-6-17(18)23-21(24)15-11-20(26)25(13-15)19-12-16(22)9-8-14(19)2/h4-9,12,15H,3,10-11,13H2,1-2H3. The second-order valence-electron chi connectivity index (χ2n) is 6.95. The Bertz CT molecular complexity index is 979. The van der Waals surface area contributed by atoms with Crippen molar-refractivity contribution in [3.63, 3.8) is 0 Å². The van der Waals surface area contributed by atoms with E-state index in [0.29, 0.717) is 18.0 Å². The number of anilines is 1. The van der Waals surface area contributed by atoms with Crippen LogP contribution in [0.25, 0.3) is 11.0 Å². The highest BCUT2D eigenvalue weighted by molar-refractivity contribution is 6.31. The second-order valence-corrected chi connectivity index (χ2v) is 7.38. The molecule has 26 heavy (non-hydrogen) atoms. The normalized spacial score (nSPS) is 17.4. The fraction of sp³-hybridized carbons (Fsp3) is 0.333. The van der Waals surface area contributed by atoms with E-state index in [0.717, 1.165) is 41.1 Å². The average Bonchev–Trinajstić information content (AvgIpc) is 3.18. The predicted octanol–water partition coefficient (Wildman–Crippen LogP) is 4.93. The van der Waals surface area contributed by atoms with Gasteiger partial charge >= 0.3 is 0 Å². The first-order valence-electron chi connectivity index (χ1n) is 9.10. The lowest BCUT2D eigenvalue weighted by Crippen LogP contribution is -2.25. The summed E-state index contributed by atoms with van der Waals surface area (Å²) >= 11 is 6.16. The van der Waals surface area contributed by atoms with E-state index in [9.17, 15) is 4.79 Å². The highest BCUT2D eigenvalue weighted by Crippen LogP contribution is 2.35. The van der Waals surface area contributed by atoms with Crippen LogP contribution in [0.15, 0.2) is 42.5 Å². The fourth-order valence-electron chi connectivity index (χ4n) is 3.85. The van der Waals surface area contributed by atoms with Crippen LogP contribution in [0.2, 0.25) is 5.02 Å². The van der Waals surface area contributed by atoms with Gasteiger partial charge in [-0.2, -0.15) is 0 Å². The highest BCUT2D eigenvalue weighted by Gasteiger charge is 2.35. The largest absolute Gasteiger partial charge is 0.328 e. The van der Waals surface area contributed by atoms with E-state index in [1.807, 2.05) is 48.2 Å². The number of amides is 1. The van der Waals surface area contributed by atoms with Crippen LogP contribution in [-0.2, 0) is 11.3 Å². The third-order valence-electron chi connectivity index (χ3n) is 5.08. The molecule has 1 unspecified atom stereocenters. The lowest BCUT2D eigenvalue weighted by Gasteiger charge is -2.19. The van der Waals surface area contributed by atoms with E-state index in [4.69, 9.17) is 16.6 Å². The molecule has 5 heteroatoms. The maximum absolute atomic E-state index is 12.8. The molecule has 4 nitrogen and oxygen atoms in total. The van der Waals surface area contributed by atoms with Gasteiger partial charge in [-0.25, -0.2) is 4.98 Å². The molecule has 1 atom stereocenters. The van der Waals surface area contributed by atoms with Crippen molar-refractivity contribution in [2.24, 2.45) is 0 Å². The molecule has 134 valence electrons. The number of carbonyl (C=O) groups is 1. The summed E-state index contributed by atoms with van der Waals surface area (Å²) in [5.74, 6) is 1.25. The van der Waals surface area contributed by atoms with Gasteiger partial charge in [0.1, 0.15) is 5.82 Å². The number of hydrogen-bond acceptors (Lipinski definition) is 2. The summed E-state index contributed by atoms with van der Waals surface area (Å²) < 4.78 is 2.28.